The molecule has 1 heterocycles. The number of rotatable bonds is 14. The fourth-order valence-corrected chi connectivity index (χ4v) is 4.85. The maximum absolute atomic E-state index is 15.1. The van der Waals surface area contributed by atoms with E-state index < -0.39 is 17.8 Å². The van der Waals surface area contributed by atoms with Crippen LogP contribution in [0.5, 0.6) is 11.5 Å². The minimum absolute atomic E-state index is 0.0509. The van der Waals surface area contributed by atoms with Crippen LogP contribution in [0.4, 0.5) is 4.39 Å². The number of ether oxygens (including phenoxy) is 2. The van der Waals surface area contributed by atoms with Gasteiger partial charge >= 0.3 is 11.9 Å². The Morgan fingerprint density at radius 1 is 0.881 bits per heavy atom. The molecule has 218 valence electrons. The predicted octanol–water partition coefficient (Wildman–Crippen LogP) is 7.07. The second kappa shape index (κ2) is 14.2. The van der Waals surface area contributed by atoms with Crippen LogP contribution in [0, 0.1) is 19.7 Å². The van der Waals surface area contributed by atoms with Crippen molar-refractivity contribution in [2.45, 2.75) is 39.7 Å². The van der Waals surface area contributed by atoms with Gasteiger partial charge in [0.15, 0.2) is 0 Å². The van der Waals surface area contributed by atoms with Crippen molar-refractivity contribution in [3.05, 3.63) is 107 Å². The Bertz CT molecular complexity index is 1620. The molecule has 7 nitrogen and oxygen atoms in total. The lowest BCUT2D eigenvalue weighted by Gasteiger charge is -2.08. The first-order valence-corrected chi connectivity index (χ1v) is 13.7. The van der Waals surface area contributed by atoms with Gasteiger partial charge in [0, 0.05) is 17.5 Å². The summed E-state index contributed by atoms with van der Waals surface area (Å²) >= 11 is 0. The molecule has 8 heteroatoms. The molecule has 4 rings (SSSR count). The Hall–Kier alpha value is -4.85. The van der Waals surface area contributed by atoms with Gasteiger partial charge in [-0.15, -0.1) is 0 Å². The zero-order chi connectivity index (χ0) is 30.1. The average molecular weight is 572 g/mol. The highest BCUT2D eigenvalue weighted by Crippen LogP contribution is 2.33. The summed E-state index contributed by atoms with van der Waals surface area (Å²) in [6, 6.07) is 18.4. The topological polar surface area (TPSA) is 98.0 Å². The van der Waals surface area contributed by atoms with E-state index in [4.69, 9.17) is 14.6 Å². The fourth-order valence-electron chi connectivity index (χ4n) is 4.85. The number of hydrogen-bond acceptors (Lipinski definition) is 4. The third kappa shape index (κ3) is 7.87. The Labute approximate surface area is 244 Å². The summed E-state index contributed by atoms with van der Waals surface area (Å²) in [6.07, 6.45) is 8.11. The van der Waals surface area contributed by atoms with E-state index in [0.717, 1.165) is 16.9 Å². The number of nitrogens with zero attached hydrogens (tertiary/aromatic N) is 1. The summed E-state index contributed by atoms with van der Waals surface area (Å²) in [5, 5.41) is 18.9. The minimum Gasteiger partial charge on any atom is -0.490 e. The van der Waals surface area contributed by atoms with Gasteiger partial charge in [0.25, 0.3) is 0 Å². The van der Waals surface area contributed by atoms with E-state index in [0.29, 0.717) is 59.5 Å². The van der Waals surface area contributed by atoms with Gasteiger partial charge in [-0.2, -0.15) is 0 Å². The quantitative estimate of drug-likeness (QED) is 0.124. The lowest BCUT2D eigenvalue weighted by molar-refractivity contribution is -0.138. The molecule has 4 aromatic rings. The molecule has 0 saturated heterocycles. The number of carboxylic acids is 2. The van der Waals surface area contributed by atoms with E-state index in [1.807, 2.05) is 79.8 Å². The molecule has 1 aromatic heterocycles. The van der Waals surface area contributed by atoms with E-state index in [1.165, 1.54) is 6.07 Å². The van der Waals surface area contributed by atoms with Crippen LogP contribution in [0.1, 0.15) is 40.8 Å². The summed E-state index contributed by atoms with van der Waals surface area (Å²) in [6.45, 7) is 4.28. The van der Waals surface area contributed by atoms with Gasteiger partial charge in [0.2, 0.25) is 0 Å². The molecule has 0 bridgehead atoms. The average Bonchev–Trinajstić information content (AvgIpc) is 3.22. The number of hydrogen-bond donors (Lipinski definition) is 2. The molecule has 42 heavy (non-hydrogen) atoms. The summed E-state index contributed by atoms with van der Waals surface area (Å²) in [7, 11) is 0. The number of aromatic nitrogens is 1. The van der Waals surface area contributed by atoms with Crippen LogP contribution in [0.25, 0.3) is 23.1 Å². The van der Waals surface area contributed by atoms with Crippen LogP contribution in [-0.4, -0.2) is 39.9 Å². The first kappa shape index (κ1) is 30.1. The van der Waals surface area contributed by atoms with Crippen molar-refractivity contribution >= 4 is 35.0 Å². The summed E-state index contributed by atoms with van der Waals surface area (Å²) in [5.74, 6) is -0.903. The van der Waals surface area contributed by atoms with Crippen molar-refractivity contribution in [2.24, 2.45) is 0 Å². The molecule has 0 spiro atoms. The van der Waals surface area contributed by atoms with Crippen molar-refractivity contribution in [3.8, 4) is 11.5 Å². The zero-order valence-electron chi connectivity index (χ0n) is 23.7. The molecular weight excluding hydrogens is 537 g/mol. The van der Waals surface area contributed by atoms with Crippen LogP contribution >= 0.6 is 0 Å². The van der Waals surface area contributed by atoms with Gasteiger partial charge in [-0.25, -0.2) is 4.39 Å². The summed E-state index contributed by atoms with van der Waals surface area (Å²) in [4.78, 5) is 22.7. The number of carboxylic acid groups (broad SMARTS) is 2. The maximum Gasteiger partial charge on any atom is 0.323 e. The first-order chi connectivity index (χ1) is 20.2. The zero-order valence-corrected chi connectivity index (χ0v) is 23.7. The van der Waals surface area contributed by atoms with E-state index in [9.17, 15) is 14.7 Å². The molecule has 2 N–H and O–H groups in total. The standard InChI is InChI=1S/C34H34FNO6/c1-23-7-5-8-28(21-23)42-20-4-3-19-41-27-16-12-25(13-17-27)11-14-26-15-18-30(35)33-29(9-6-10-31(37)38)24(2)36(34(26)33)22-32(39)40/h3-5,7-8,11-18,21H,6,9-10,19-20,22H2,1-2H3,(H,37,38)(H,39,40)/b4-3+,14-11?. The Balaban J connectivity index is 1.44. The maximum atomic E-state index is 15.1. The molecule has 0 radical (unpaired) electrons. The van der Waals surface area contributed by atoms with Gasteiger partial charge in [0.05, 0.1) is 5.52 Å². The highest BCUT2D eigenvalue weighted by molar-refractivity contribution is 5.95. The van der Waals surface area contributed by atoms with E-state index >= 15 is 4.39 Å². The van der Waals surface area contributed by atoms with Crippen molar-refractivity contribution in [1.82, 2.24) is 4.57 Å². The largest absolute Gasteiger partial charge is 0.490 e. The molecule has 0 amide bonds. The lowest BCUT2D eigenvalue weighted by atomic mass is 10.0. The molecule has 0 aliphatic carbocycles. The SMILES string of the molecule is Cc1cccc(OC/C=C/COc2ccc(C=Cc3ccc(F)c4c(CCCC(=O)O)c(C)n(CC(=O)O)c34)cc2)c1. The molecule has 0 fully saturated rings. The molecule has 0 aliphatic heterocycles. The number of aryl methyl sites for hydroxylation is 2. The highest BCUT2D eigenvalue weighted by Gasteiger charge is 2.21. The monoisotopic (exact) mass is 571 g/mol. The fraction of sp³-hybridized carbons (Fsp3) is 0.235. The lowest BCUT2D eigenvalue weighted by Crippen LogP contribution is -2.10. The molecule has 0 aliphatic rings. The summed E-state index contributed by atoms with van der Waals surface area (Å²) in [5.41, 5.74) is 4.43. The minimum atomic E-state index is -1.05. The Morgan fingerprint density at radius 3 is 2.26 bits per heavy atom. The summed E-state index contributed by atoms with van der Waals surface area (Å²) < 4.78 is 28.1. The van der Waals surface area contributed by atoms with Crippen LogP contribution in [-0.2, 0) is 22.6 Å². The second-order valence-electron chi connectivity index (χ2n) is 9.96. The van der Waals surface area contributed by atoms with Gasteiger partial charge in [-0.1, -0.05) is 36.4 Å². The number of benzene rings is 3. The Kier molecular flexibility index (Phi) is 10.2. The molecule has 0 saturated carbocycles. The number of carbonyl (C=O) groups is 2. The van der Waals surface area contributed by atoms with Gasteiger partial charge in [0.1, 0.15) is 37.1 Å². The highest BCUT2D eigenvalue weighted by atomic mass is 19.1. The second-order valence-corrected chi connectivity index (χ2v) is 9.96. The predicted molar refractivity (Wildman–Crippen MR) is 162 cm³/mol. The number of aliphatic carboxylic acids is 2. The van der Waals surface area contributed by atoms with E-state index in [1.54, 1.807) is 17.6 Å². The molecule has 3 aromatic carbocycles. The first-order valence-electron chi connectivity index (χ1n) is 13.7. The molecule has 0 unspecified atom stereocenters. The third-order valence-corrected chi connectivity index (χ3v) is 6.87. The van der Waals surface area contributed by atoms with Crippen LogP contribution < -0.4 is 9.47 Å². The van der Waals surface area contributed by atoms with E-state index in [2.05, 4.69) is 0 Å². The van der Waals surface area contributed by atoms with Gasteiger partial charge in [-0.05, 0) is 97.5 Å². The van der Waals surface area contributed by atoms with Crippen LogP contribution in [0.2, 0.25) is 0 Å². The van der Waals surface area contributed by atoms with Gasteiger partial charge < -0.3 is 24.3 Å². The van der Waals surface area contributed by atoms with Crippen LogP contribution in [0.3, 0.4) is 0 Å². The Morgan fingerprint density at radius 2 is 1.60 bits per heavy atom. The van der Waals surface area contributed by atoms with E-state index in [-0.39, 0.29) is 13.0 Å². The van der Waals surface area contributed by atoms with Crippen molar-refractivity contribution in [2.75, 3.05) is 13.2 Å². The normalized spacial score (nSPS) is 11.5. The smallest absolute Gasteiger partial charge is 0.323 e. The molecular formula is C34H34FNO6. The molecule has 0 atom stereocenters. The van der Waals surface area contributed by atoms with Crippen LogP contribution in [0.15, 0.2) is 72.8 Å². The van der Waals surface area contributed by atoms with Gasteiger partial charge in [-0.3, -0.25) is 9.59 Å². The number of fused-ring (bicyclic) bond motifs is 1. The van der Waals surface area contributed by atoms with Crippen molar-refractivity contribution in [3.63, 3.8) is 0 Å². The number of halogens is 1. The third-order valence-electron chi connectivity index (χ3n) is 6.87. The van der Waals surface area contributed by atoms with Crippen molar-refractivity contribution < 1.29 is 33.7 Å². The van der Waals surface area contributed by atoms with Crippen molar-refractivity contribution in [1.29, 1.82) is 0 Å².